The molecule has 1 aliphatic heterocycles. The highest BCUT2D eigenvalue weighted by Crippen LogP contribution is 2.51. The van der Waals surface area contributed by atoms with Gasteiger partial charge in [0.05, 0.1) is 11.7 Å². The summed E-state index contributed by atoms with van der Waals surface area (Å²) in [6, 6.07) is 19.0. The number of phenolic OH excluding ortho intramolecular Hbond substituents is 1. The van der Waals surface area contributed by atoms with Crippen LogP contribution < -0.4 is 15.0 Å². The third kappa shape index (κ3) is 5.02. The topological polar surface area (TPSA) is 105 Å². The normalized spacial score (nSPS) is 17.7. The monoisotopic (exact) mass is 567 g/mol. The van der Waals surface area contributed by atoms with Gasteiger partial charge in [-0.2, -0.15) is 0 Å². The average Bonchev–Trinajstić information content (AvgIpc) is 3.32. The van der Waals surface area contributed by atoms with E-state index >= 15 is 4.39 Å². The van der Waals surface area contributed by atoms with Crippen molar-refractivity contribution in [3.63, 3.8) is 0 Å². The molecule has 1 aromatic heterocycles. The van der Waals surface area contributed by atoms with Gasteiger partial charge in [0.25, 0.3) is 5.91 Å². The summed E-state index contributed by atoms with van der Waals surface area (Å²) in [7, 11) is 0. The number of nitrogens with zero attached hydrogens (tertiary/aromatic N) is 2. The number of carbonyl (C=O) groups is 2. The minimum Gasteiger partial charge on any atom is -0.506 e. The van der Waals surface area contributed by atoms with E-state index in [-0.39, 0.29) is 52.8 Å². The third-order valence-electron chi connectivity index (χ3n) is 7.59. The van der Waals surface area contributed by atoms with Crippen LogP contribution in [0.4, 0.5) is 15.8 Å². The van der Waals surface area contributed by atoms with E-state index in [2.05, 4.69) is 10.5 Å². The Labute approximate surface area is 242 Å². The number of allylic oxidation sites excluding steroid dienone is 1. The van der Waals surface area contributed by atoms with Crippen molar-refractivity contribution in [1.82, 2.24) is 5.16 Å². The number of aryl methyl sites for hydroxylation is 1. The molecule has 2 N–H and O–H groups in total. The maximum atomic E-state index is 16.2. The summed E-state index contributed by atoms with van der Waals surface area (Å²) >= 11 is 0. The Hall–Kier alpha value is -4.92. The van der Waals surface area contributed by atoms with E-state index in [1.54, 1.807) is 31.2 Å². The van der Waals surface area contributed by atoms with Crippen LogP contribution in [-0.2, 0) is 11.4 Å². The molecule has 0 saturated carbocycles. The second-order valence-electron chi connectivity index (χ2n) is 11.5. The highest BCUT2D eigenvalue weighted by atomic mass is 19.1. The Balaban J connectivity index is 1.52. The standard InChI is InChI=1S/C33H30FN3O5/c1-19-14-24(36-42-19)32(40)37-26-10-7-11-27(38)30(26)35-25-16-33(2,3)17-28(39)29(25)31(37)22-13-12-21(15-23(22)34)41-18-20-8-5-4-6-9-20/h4-15,31,35,38H,16-18H2,1-3H3/t31-/m0/s1. The van der Waals surface area contributed by atoms with E-state index < -0.39 is 23.2 Å². The lowest BCUT2D eigenvalue weighted by atomic mass is 9.73. The molecule has 1 aliphatic carbocycles. The van der Waals surface area contributed by atoms with Crippen molar-refractivity contribution >= 4 is 23.1 Å². The maximum Gasteiger partial charge on any atom is 0.281 e. The van der Waals surface area contributed by atoms with Crippen LogP contribution >= 0.6 is 0 Å². The van der Waals surface area contributed by atoms with Crippen molar-refractivity contribution < 1.29 is 28.3 Å². The first-order valence-electron chi connectivity index (χ1n) is 13.7. The number of aromatic hydroxyl groups is 1. The van der Waals surface area contributed by atoms with Crippen molar-refractivity contribution in [1.29, 1.82) is 0 Å². The smallest absolute Gasteiger partial charge is 0.281 e. The van der Waals surface area contributed by atoms with E-state index in [1.807, 2.05) is 44.2 Å². The number of phenols is 1. The van der Waals surface area contributed by atoms with Gasteiger partial charge < -0.3 is 19.7 Å². The summed E-state index contributed by atoms with van der Waals surface area (Å²) in [5.74, 6) is -0.867. The first kappa shape index (κ1) is 27.3. The number of hydrogen-bond acceptors (Lipinski definition) is 7. The molecule has 1 atom stereocenters. The number of para-hydroxylation sites is 1. The Morgan fingerprint density at radius 3 is 2.62 bits per heavy atom. The zero-order chi connectivity index (χ0) is 29.6. The number of anilines is 2. The van der Waals surface area contributed by atoms with E-state index in [4.69, 9.17) is 9.26 Å². The minimum absolute atomic E-state index is 0.0114. The molecule has 0 fully saturated rings. The molecule has 3 aromatic carbocycles. The molecule has 4 aromatic rings. The molecular formula is C33H30FN3O5. The number of fused-ring (bicyclic) bond motifs is 1. The number of carbonyl (C=O) groups excluding carboxylic acids is 2. The summed E-state index contributed by atoms with van der Waals surface area (Å²) in [6.07, 6.45) is 0.653. The number of aromatic nitrogens is 1. The molecule has 1 amide bonds. The maximum absolute atomic E-state index is 16.2. The Bertz CT molecular complexity index is 1730. The largest absolute Gasteiger partial charge is 0.506 e. The van der Waals surface area contributed by atoms with E-state index in [9.17, 15) is 14.7 Å². The zero-order valence-corrected chi connectivity index (χ0v) is 23.5. The molecule has 42 heavy (non-hydrogen) atoms. The van der Waals surface area contributed by atoms with Gasteiger partial charge in [-0.1, -0.05) is 55.4 Å². The van der Waals surface area contributed by atoms with Gasteiger partial charge in [0.1, 0.15) is 35.4 Å². The van der Waals surface area contributed by atoms with Crippen LogP contribution in [-0.4, -0.2) is 22.0 Å². The minimum atomic E-state index is -1.16. The van der Waals surface area contributed by atoms with Gasteiger partial charge in [0, 0.05) is 35.4 Å². The second-order valence-corrected chi connectivity index (χ2v) is 11.5. The molecule has 0 radical (unpaired) electrons. The number of nitrogens with one attached hydrogen (secondary N) is 1. The molecule has 2 heterocycles. The van der Waals surface area contributed by atoms with Crippen molar-refractivity contribution in [2.75, 3.05) is 10.2 Å². The van der Waals surface area contributed by atoms with E-state index in [1.165, 1.54) is 23.1 Å². The lowest BCUT2D eigenvalue weighted by Gasteiger charge is -2.37. The van der Waals surface area contributed by atoms with Crippen molar-refractivity contribution in [3.8, 4) is 11.5 Å². The zero-order valence-electron chi connectivity index (χ0n) is 23.5. The number of rotatable bonds is 5. The molecule has 0 unspecified atom stereocenters. The van der Waals surface area contributed by atoms with Crippen LogP contribution in [0.5, 0.6) is 11.5 Å². The summed E-state index contributed by atoms with van der Waals surface area (Å²) in [5, 5.41) is 18.1. The molecule has 0 bridgehead atoms. The lowest BCUT2D eigenvalue weighted by Crippen LogP contribution is -2.40. The first-order valence-corrected chi connectivity index (χ1v) is 13.7. The molecule has 0 spiro atoms. The van der Waals surface area contributed by atoms with Crippen molar-refractivity contribution in [3.05, 3.63) is 112 Å². The number of ether oxygens (including phenoxy) is 1. The van der Waals surface area contributed by atoms with Crippen LogP contribution in [0.2, 0.25) is 0 Å². The van der Waals surface area contributed by atoms with Crippen LogP contribution in [0.3, 0.4) is 0 Å². The number of ketones is 1. The molecule has 214 valence electrons. The summed E-state index contributed by atoms with van der Waals surface area (Å²) in [5.41, 5.74) is 1.93. The fourth-order valence-corrected chi connectivity index (χ4v) is 5.71. The fourth-order valence-electron chi connectivity index (χ4n) is 5.71. The molecule has 6 rings (SSSR count). The number of halogens is 1. The average molecular weight is 568 g/mol. The van der Waals surface area contributed by atoms with Crippen LogP contribution in [0.25, 0.3) is 0 Å². The Kier molecular flexibility index (Phi) is 6.80. The Morgan fingerprint density at radius 1 is 1.12 bits per heavy atom. The van der Waals surface area contributed by atoms with Crippen LogP contribution in [0, 0.1) is 18.2 Å². The first-order chi connectivity index (χ1) is 20.1. The van der Waals surface area contributed by atoms with Gasteiger partial charge in [0.2, 0.25) is 0 Å². The fraction of sp³-hybridized carbons (Fsp3) is 0.242. The van der Waals surface area contributed by atoms with E-state index in [0.717, 1.165) is 5.56 Å². The van der Waals surface area contributed by atoms with E-state index in [0.29, 0.717) is 23.6 Å². The lowest BCUT2D eigenvalue weighted by molar-refractivity contribution is -0.118. The highest BCUT2D eigenvalue weighted by molar-refractivity contribution is 6.11. The molecule has 9 heteroatoms. The molecular weight excluding hydrogens is 537 g/mol. The van der Waals surface area contributed by atoms with Gasteiger partial charge in [-0.3, -0.25) is 14.5 Å². The van der Waals surface area contributed by atoms with Gasteiger partial charge in [-0.05, 0) is 48.6 Å². The SMILES string of the molecule is Cc1cc(C(=O)N2c3cccc(O)c3NC3=C(C(=O)CC(C)(C)C3)[C@@H]2c2ccc(OCc3ccccc3)cc2F)no1. The van der Waals surface area contributed by atoms with Gasteiger partial charge in [-0.25, -0.2) is 4.39 Å². The predicted octanol–water partition coefficient (Wildman–Crippen LogP) is 6.86. The molecule has 8 nitrogen and oxygen atoms in total. The van der Waals surface area contributed by atoms with Gasteiger partial charge in [0.15, 0.2) is 11.5 Å². The third-order valence-corrected chi connectivity index (χ3v) is 7.59. The van der Waals surface area contributed by atoms with Crippen molar-refractivity contribution in [2.45, 2.75) is 46.3 Å². The quantitative estimate of drug-likeness (QED) is 0.254. The number of amides is 1. The van der Waals surface area contributed by atoms with Crippen LogP contribution in [0.15, 0.2) is 88.6 Å². The summed E-state index contributed by atoms with van der Waals surface area (Å²) in [4.78, 5) is 29.4. The van der Waals surface area contributed by atoms with Crippen molar-refractivity contribution in [2.24, 2.45) is 5.41 Å². The Morgan fingerprint density at radius 2 is 1.90 bits per heavy atom. The summed E-state index contributed by atoms with van der Waals surface area (Å²) < 4.78 is 27.2. The number of hydrogen-bond donors (Lipinski definition) is 2. The second kappa shape index (κ2) is 10.5. The number of benzene rings is 3. The van der Waals surface area contributed by atoms with Crippen LogP contribution in [0.1, 0.15) is 60.1 Å². The number of Topliss-reactive ketones (excluding diaryl/α,β-unsaturated/α-hetero) is 1. The summed E-state index contributed by atoms with van der Waals surface area (Å²) in [6.45, 7) is 5.86. The molecule has 0 saturated heterocycles. The predicted molar refractivity (Wildman–Crippen MR) is 155 cm³/mol. The van der Waals surface area contributed by atoms with Gasteiger partial charge in [-0.15, -0.1) is 0 Å². The van der Waals surface area contributed by atoms with Gasteiger partial charge >= 0.3 is 0 Å². The highest BCUT2D eigenvalue weighted by Gasteiger charge is 2.45. The molecule has 2 aliphatic rings.